The minimum atomic E-state index is -0.219. The van der Waals surface area contributed by atoms with Crippen LogP contribution in [0.5, 0.6) is 0 Å². The van der Waals surface area contributed by atoms with Gasteiger partial charge in [0.05, 0.1) is 6.10 Å². The third-order valence-corrected chi connectivity index (χ3v) is 4.27. The number of carbonyl (C=O) groups is 2. The molecule has 0 radical (unpaired) electrons. The lowest BCUT2D eigenvalue weighted by molar-refractivity contribution is -0.128. The summed E-state index contributed by atoms with van der Waals surface area (Å²) in [7, 11) is 0. The first-order valence-corrected chi connectivity index (χ1v) is 8.00. The second-order valence-corrected chi connectivity index (χ2v) is 5.89. The fourth-order valence-corrected chi connectivity index (χ4v) is 3.12. The third-order valence-electron chi connectivity index (χ3n) is 4.27. The fourth-order valence-electron chi connectivity index (χ4n) is 3.12. The van der Waals surface area contributed by atoms with Gasteiger partial charge in [0.25, 0.3) is 0 Å². The zero-order valence-corrected chi connectivity index (χ0v) is 12.7. The normalized spacial score (nSPS) is 20.5. The Morgan fingerprint density at radius 1 is 1.27 bits per heavy atom. The van der Waals surface area contributed by atoms with Crippen LogP contribution in [0.1, 0.15) is 31.2 Å². The van der Waals surface area contributed by atoms with Gasteiger partial charge in [-0.3, -0.25) is 9.59 Å². The maximum absolute atomic E-state index is 12.4. The fraction of sp³-hybridized carbons (Fsp3) is 0.529. The van der Waals surface area contributed by atoms with Crippen molar-refractivity contribution in [1.29, 1.82) is 0 Å². The minimum Gasteiger partial charge on any atom is -0.376 e. The average Bonchev–Trinajstić information content (AvgIpc) is 3.06. The lowest BCUT2D eigenvalue weighted by Crippen LogP contribution is -2.40. The largest absolute Gasteiger partial charge is 0.376 e. The number of amides is 2. The van der Waals surface area contributed by atoms with Crippen molar-refractivity contribution in [2.75, 3.05) is 24.6 Å². The number of hydrogen-bond acceptors (Lipinski definition) is 3. The Morgan fingerprint density at radius 2 is 2.14 bits per heavy atom. The molecule has 1 N–H and O–H groups in total. The van der Waals surface area contributed by atoms with Crippen LogP contribution in [0.15, 0.2) is 24.3 Å². The summed E-state index contributed by atoms with van der Waals surface area (Å²) in [4.78, 5) is 26.1. The number of hydrogen-bond donors (Lipinski definition) is 1. The van der Waals surface area contributed by atoms with Crippen molar-refractivity contribution in [2.24, 2.45) is 0 Å². The smallest absolute Gasteiger partial charge is 0.236 e. The molecule has 5 heteroatoms. The molecule has 2 aliphatic heterocycles. The summed E-state index contributed by atoms with van der Waals surface area (Å²) in [6.45, 7) is 1.96. The van der Waals surface area contributed by atoms with E-state index in [1.165, 1.54) is 5.56 Å². The first-order valence-electron chi connectivity index (χ1n) is 8.00. The van der Waals surface area contributed by atoms with Crippen LogP contribution in [0, 0.1) is 0 Å². The molecular formula is C17H22N2O3. The van der Waals surface area contributed by atoms with Crippen molar-refractivity contribution in [3.63, 3.8) is 0 Å². The molecule has 2 amide bonds. The number of fused-ring (bicyclic) bond motifs is 1. The predicted molar refractivity (Wildman–Crippen MR) is 83.7 cm³/mol. The van der Waals surface area contributed by atoms with Crippen molar-refractivity contribution >= 4 is 17.5 Å². The van der Waals surface area contributed by atoms with Gasteiger partial charge in [-0.25, -0.2) is 0 Å². The molecule has 1 aromatic carbocycles. The molecule has 1 unspecified atom stereocenters. The lowest BCUT2D eigenvalue weighted by Gasteiger charge is -2.29. The highest BCUT2D eigenvalue weighted by molar-refractivity contribution is 6.05. The van der Waals surface area contributed by atoms with E-state index in [0.717, 1.165) is 38.0 Å². The van der Waals surface area contributed by atoms with Crippen LogP contribution in [0.3, 0.4) is 0 Å². The van der Waals surface area contributed by atoms with E-state index in [0.29, 0.717) is 13.1 Å². The number of ether oxygens (including phenoxy) is 1. The molecule has 0 spiro atoms. The van der Waals surface area contributed by atoms with Crippen molar-refractivity contribution in [2.45, 2.75) is 38.2 Å². The topological polar surface area (TPSA) is 58.6 Å². The first-order chi connectivity index (χ1) is 10.7. The molecule has 2 aliphatic rings. The van der Waals surface area contributed by atoms with Crippen molar-refractivity contribution in [3.05, 3.63) is 29.8 Å². The molecule has 5 nitrogen and oxygen atoms in total. The second kappa shape index (κ2) is 6.92. The molecule has 1 fully saturated rings. The van der Waals surface area contributed by atoms with Gasteiger partial charge in [-0.05, 0) is 37.3 Å². The number of nitrogens with zero attached hydrogens (tertiary/aromatic N) is 1. The zero-order valence-electron chi connectivity index (χ0n) is 12.7. The molecule has 0 aromatic heterocycles. The van der Waals surface area contributed by atoms with E-state index in [1.54, 1.807) is 4.90 Å². The van der Waals surface area contributed by atoms with E-state index in [4.69, 9.17) is 4.74 Å². The summed E-state index contributed by atoms with van der Waals surface area (Å²) >= 11 is 0. The number of anilines is 1. The predicted octanol–water partition coefficient (Wildman–Crippen LogP) is 1.65. The van der Waals surface area contributed by atoms with Gasteiger partial charge in [-0.1, -0.05) is 18.2 Å². The Labute approximate surface area is 130 Å². The minimum absolute atomic E-state index is 0.0962. The highest BCUT2D eigenvalue weighted by atomic mass is 16.5. The molecule has 3 rings (SSSR count). The SMILES string of the molecule is O=C(CC(=O)N1CCCc2ccccc21)NCC1CCCO1. The van der Waals surface area contributed by atoms with Crippen molar-refractivity contribution in [1.82, 2.24) is 5.32 Å². The third kappa shape index (κ3) is 3.47. The van der Waals surface area contributed by atoms with Gasteiger partial charge in [0.15, 0.2) is 0 Å². The molecule has 22 heavy (non-hydrogen) atoms. The van der Waals surface area contributed by atoms with Gasteiger partial charge in [0, 0.05) is 25.4 Å². The van der Waals surface area contributed by atoms with Gasteiger partial charge in [-0.2, -0.15) is 0 Å². The highest BCUT2D eigenvalue weighted by Crippen LogP contribution is 2.27. The maximum Gasteiger partial charge on any atom is 0.236 e. The molecule has 1 atom stereocenters. The molecule has 1 aromatic rings. The van der Waals surface area contributed by atoms with Gasteiger partial charge in [-0.15, -0.1) is 0 Å². The summed E-state index contributed by atoms with van der Waals surface area (Å²) in [5.74, 6) is -0.347. The molecule has 0 saturated carbocycles. The Bertz CT molecular complexity index is 553. The van der Waals surface area contributed by atoms with Gasteiger partial charge >= 0.3 is 0 Å². The van der Waals surface area contributed by atoms with E-state index >= 15 is 0 Å². The second-order valence-electron chi connectivity index (χ2n) is 5.89. The van der Waals surface area contributed by atoms with Crippen LogP contribution < -0.4 is 10.2 Å². The monoisotopic (exact) mass is 302 g/mol. The molecular weight excluding hydrogens is 280 g/mol. The van der Waals surface area contributed by atoms with E-state index in [9.17, 15) is 9.59 Å². The lowest BCUT2D eigenvalue weighted by atomic mass is 10.0. The molecule has 0 aliphatic carbocycles. The number of rotatable bonds is 4. The van der Waals surface area contributed by atoms with Gasteiger partial charge in [0.1, 0.15) is 6.42 Å². The Hall–Kier alpha value is -1.88. The van der Waals surface area contributed by atoms with Gasteiger partial charge in [0.2, 0.25) is 11.8 Å². The standard InChI is InChI=1S/C17H22N2O3/c20-16(18-12-14-7-4-10-22-14)11-17(21)19-9-3-6-13-5-1-2-8-15(13)19/h1-2,5,8,14H,3-4,6-7,9-12H2,(H,18,20). The summed E-state index contributed by atoms with van der Waals surface area (Å²) in [6.07, 6.45) is 3.97. The zero-order chi connectivity index (χ0) is 15.4. The number of para-hydroxylation sites is 1. The highest BCUT2D eigenvalue weighted by Gasteiger charge is 2.24. The van der Waals surface area contributed by atoms with Crippen LogP contribution in [-0.2, 0) is 20.7 Å². The molecule has 118 valence electrons. The van der Waals surface area contributed by atoms with Crippen LogP contribution in [0.25, 0.3) is 0 Å². The van der Waals surface area contributed by atoms with Crippen molar-refractivity contribution in [3.8, 4) is 0 Å². The number of benzene rings is 1. The summed E-state index contributed by atoms with van der Waals surface area (Å²) in [5, 5.41) is 2.81. The quantitative estimate of drug-likeness (QED) is 0.860. The van der Waals surface area contributed by atoms with E-state index in [1.807, 2.05) is 24.3 Å². The van der Waals surface area contributed by atoms with Crippen LogP contribution in [-0.4, -0.2) is 37.6 Å². The van der Waals surface area contributed by atoms with E-state index in [-0.39, 0.29) is 24.3 Å². The number of aryl methyl sites for hydroxylation is 1. The molecule has 1 saturated heterocycles. The number of nitrogens with one attached hydrogen (secondary N) is 1. The van der Waals surface area contributed by atoms with Gasteiger partial charge < -0.3 is 15.0 Å². The van der Waals surface area contributed by atoms with Crippen molar-refractivity contribution < 1.29 is 14.3 Å². The van der Waals surface area contributed by atoms with Crippen LogP contribution >= 0.6 is 0 Å². The van der Waals surface area contributed by atoms with E-state index < -0.39 is 0 Å². The molecule has 0 bridgehead atoms. The Kier molecular flexibility index (Phi) is 4.73. The summed E-state index contributed by atoms with van der Waals surface area (Å²) in [6, 6.07) is 7.92. The first kappa shape index (κ1) is 15.0. The van der Waals surface area contributed by atoms with Crippen LogP contribution in [0.2, 0.25) is 0 Å². The Morgan fingerprint density at radius 3 is 2.95 bits per heavy atom. The van der Waals surface area contributed by atoms with E-state index in [2.05, 4.69) is 5.32 Å². The molecule has 2 heterocycles. The summed E-state index contributed by atoms with van der Waals surface area (Å²) < 4.78 is 5.46. The maximum atomic E-state index is 12.4. The number of carbonyl (C=O) groups excluding carboxylic acids is 2. The average molecular weight is 302 g/mol. The summed E-state index contributed by atoms with van der Waals surface area (Å²) in [5.41, 5.74) is 2.13. The van der Waals surface area contributed by atoms with Crippen LogP contribution in [0.4, 0.5) is 5.69 Å². The Balaban J connectivity index is 1.54.